The zero-order valence-corrected chi connectivity index (χ0v) is 12.9. The molecule has 0 aliphatic rings. The summed E-state index contributed by atoms with van der Waals surface area (Å²) in [6.07, 6.45) is 0.711. The van der Waals surface area contributed by atoms with E-state index in [0.717, 1.165) is 23.1 Å². The SMILES string of the molecule is CN(CCc1cc(Br)ccc1F)CC(C)(C)CN. The Morgan fingerprint density at radius 1 is 1.39 bits per heavy atom. The Morgan fingerprint density at radius 3 is 2.67 bits per heavy atom. The van der Waals surface area contributed by atoms with Gasteiger partial charge in [0, 0.05) is 17.6 Å². The van der Waals surface area contributed by atoms with Crippen LogP contribution in [0.4, 0.5) is 4.39 Å². The largest absolute Gasteiger partial charge is 0.330 e. The highest BCUT2D eigenvalue weighted by Gasteiger charge is 2.18. The molecule has 0 aliphatic heterocycles. The van der Waals surface area contributed by atoms with Gasteiger partial charge in [-0.25, -0.2) is 4.39 Å². The van der Waals surface area contributed by atoms with Crippen molar-refractivity contribution in [1.82, 2.24) is 4.90 Å². The Balaban J connectivity index is 2.52. The fourth-order valence-electron chi connectivity index (χ4n) is 1.92. The predicted octanol–water partition coefficient (Wildman–Crippen LogP) is 3.05. The Hall–Kier alpha value is -0.450. The first-order chi connectivity index (χ1) is 8.34. The van der Waals surface area contributed by atoms with Crippen molar-refractivity contribution in [1.29, 1.82) is 0 Å². The fraction of sp³-hybridized carbons (Fsp3) is 0.571. The summed E-state index contributed by atoms with van der Waals surface area (Å²) in [4.78, 5) is 2.20. The van der Waals surface area contributed by atoms with E-state index in [1.165, 1.54) is 6.07 Å². The molecule has 2 nitrogen and oxygen atoms in total. The number of rotatable bonds is 6. The molecule has 0 radical (unpaired) electrons. The molecule has 2 N–H and O–H groups in total. The van der Waals surface area contributed by atoms with E-state index in [9.17, 15) is 4.39 Å². The maximum atomic E-state index is 13.6. The van der Waals surface area contributed by atoms with Gasteiger partial charge < -0.3 is 10.6 Å². The molecule has 1 aromatic carbocycles. The highest BCUT2D eigenvalue weighted by atomic mass is 79.9. The fourth-order valence-corrected chi connectivity index (χ4v) is 2.33. The van der Waals surface area contributed by atoms with Crippen LogP contribution in [0.25, 0.3) is 0 Å². The molecule has 0 amide bonds. The quantitative estimate of drug-likeness (QED) is 0.874. The van der Waals surface area contributed by atoms with Crippen molar-refractivity contribution in [2.45, 2.75) is 20.3 Å². The van der Waals surface area contributed by atoms with Gasteiger partial charge >= 0.3 is 0 Å². The van der Waals surface area contributed by atoms with Crippen LogP contribution < -0.4 is 5.73 Å². The van der Waals surface area contributed by atoms with Gasteiger partial charge in [0.1, 0.15) is 5.82 Å². The Labute approximate surface area is 117 Å². The van der Waals surface area contributed by atoms with Crippen molar-refractivity contribution in [3.8, 4) is 0 Å². The van der Waals surface area contributed by atoms with Crippen LogP contribution in [0.5, 0.6) is 0 Å². The summed E-state index contributed by atoms with van der Waals surface area (Å²) in [5.41, 5.74) is 6.57. The molecule has 0 aliphatic carbocycles. The Kier molecular flexibility index (Phi) is 5.76. The van der Waals surface area contributed by atoms with Crippen molar-refractivity contribution in [3.63, 3.8) is 0 Å². The minimum absolute atomic E-state index is 0.102. The van der Waals surface area contributed by atoms with E-state index in [1.807, 2.05) is 13.1 Å². The minimum atomic E-state index is -0.135. The maximum absolute atomic E-state index is 13.6. The molecular weight excluding hydrogens is 295 g/mol. The lowest BCUT2D eigenvalue weighted by molar-refractivity contribution is 0.217. The van der Waals surface area contributed by atoms with E-state index < -0.39 is 0 Å². The van der Waals surface area contributed by atoms with Crippen LogP contribution in [0.2, 0.25) is 0 Å². The normalized spacial score (nSPS) is 12.2. The molecule has 0 saturated carbocycles. The number of hydrogen-bond acceptors (Lipinski definition) is 2. The van der Waals surface area contributed by atoms with E-state index in [4.69, 9.17) is 5.73 Å². The van der Waals surface area contributed by atoms with Crippen LogP contribution in [-0.4, -0.2) is 31.6 Å². The lowest BCUT2D eigenvalue weighted by Crippen LogP contribution is -2.37. The first-order valence-electron chi connectivity index (χ1n) is 6.16. The van der Waals surface area contributed by atoms with Gasteiger partial charge in [-0.1, -0.05) is 29.8 Å². The molecular formula is C14H22BrFN2. The number of benzene rings is 1. The molecule has 0 unspecified atom stereocenters. The van der Waals surface area contributed by atoms with E-state index in [2.05, 4.69) is 34.7 Å². The molecule has 18 heavy (non-hydrogen) atoms. The van der Waals surface area contributed by atoms with Gasteiger partial charge in [0.2, 0.25) is 0 Å². The predicted molar refractivity (Wildman–Crippen MR) is 78.1 cm³/mol. The first kappa shape index (κ1) is 15.6. The zero-order chi connectivity index (χ0) is 13.8. The maximum Gasteiger partial charge on any atom is 0.126 e. The van der Waals surface area contributed by atoms with Crippen LogP contribution in [0.15, 0.2) is 22.7 Å². The third-order valence-corrected chi connectivity index (χ3v) is 3.51. The molecule has 1 rings (SSSR count). The van der Waals surface area contributed by atoms with Crippen molar-refractivity contribution < 1.29 is 4.39 Å². The molecule has 4 heteroatoms. The highest BCUT2D eigenvalue weighted by Crippen LogP contribution is 2.17. The number of halogens is 2. The van der Waals surface area contributed by atoms with Gasteiger partial charge in [-0.3, -0.25) is 0 Å². The monoisotopic (exact) mass is 316 g/mol. The first-order valence-corrected chi connectivity index (χ1v) is 6.96. The van der Waals surface area contributed by atoms with Crippen LogP contribution in [0.3, 0.4) is 0 Å². The van der Waals surface area contributed by atoms with Crippen molar-refractivity contribution in [2.24, 2.45) is 11.1 Å². The summed E-state index contributed by atoms with van der Waals surface area (Å²) in [7, 11) is 2.05. The van der Waals surface area contributed by atoms with Gasteiger partial charge in [-0.15, -0.1) is 0 Å². The third-order valence-electron chi connectivity index (χ3n) is 3.02. The highest BCUT2D eigenvalue weighted by molar-refractivity contribution is 9.10. The molecule has 0 aromatic heterocycles. The average Bonchev–Trinajstić information content (AvgIpc) is 2.30. The second kappa shape index (κ2) is 6.64. The summed E-state index contributed by atoms with van der Waals surface area (Å²) in [6, 6.07) is 5.07. The summed E-state index contributed by atoms with van der Waals surface area (Å²) < 4.78 is 14.5. The number of likely N-dealkylation sites (N-methyl/N-ethyl adjacent to an activating group) is 1. The van der Waals surface area contributed by atoms with E-state index >= 15 is 0 Å². The van der Waals surface area contributed by atoms with Crippen LogP contribution in [0.1, 0.15) is 19.4 Å². The standard InChI is InChI=1S/C14H22BrFN2/c1-14(2,9-17)10-18(3)7-6-11-8-12(15)4-5-13(11)16/h4-5,8H,6-7,9-10,17H2,1-3H3. The summed E-state index contributed by atoms with van der Waals surface area (Å²) >= 11 is 3.37. The summed E-state index contributed by atoms with van der Waals surface area (Å²) in [5.74, 6) is -0.135. The smallest absolute Gasteiger partial charge is 0.126 e. The topological polar surface area (TPSA) is 29.3 Å². The molecule has 102 valence electrons. The van der Waals surface area contributed by atoms with Crippen molar-refractivity contribution in [3.05, 3.63) is 34.1 Å². The molecule has 0 atom stereocenters. The van der Waals surface area contributed by atoms with Gasteiger partial charge in [0.15, 0.2) is 0 Å². The molecule has 0 spiro atoms. The van der Waals surface area contributed by atoms with Gasteiger partial charge in [0.25, 0.3) is 0 Å². The molecule has 0 bridgehead atoms. The Morgan fingerprint density at radius 2 is 2.06 bits per heavy atom. The molecule has 1 aromatic rings. The molecule has 0 heterocycles. The summed E-state index contributed by atoms with van der Waals surface area (Å²) in [6.45, 7) is 6.69. The summed E-state index contributed by atoms with van der Waals surface area (Å²) in [5, 5.41) is 0. The molecule has 0 fully saturated rings. The second-order valence-corrected chi connectivity index (χ2v) is 6.51. The van der Waals surface area contributed by atoms with E-state index in [-0.39, 0.29) is 11.2 Å². The minimum Gasteiger partial charge on any atom is -0.330 e. The Bertz CT molecular complexity index is 393. The second-order valence-electron chi connectivity index (χ2n) is 5.59. The number of hydrogen-bond donors (Lipinski definition) is 1. The lowest BCUT2D eigenvalue weighted by atomic mass is 9.93. The van der Waals surface area contributed by atoms with Crippen LogP contribution in [-0.2, 0) is 6.42 Å². The van der Waals surface area contributed by atoms with Gasteiger partial charge in [0.05, 0.1) is 0 Å². The van der Waals surface area contributed by atoms with Crippen molar-refractivity contribution in [2.75, 3.05) is 26.7 Å². The van der Waals surface area contributed by atoms with Crippen LogP contribution >= 0.6 is 15.9 Å². The molecule has 0 saturated heterocycles. The van der Waals surface area contributed by atoms with Gasteiger partial charge in [-0.05, 0) is 49.2 Å². The van der Waals surface area contributed by atoms with E-state index in [0.29, 0.717) is 13.0 Å². The number of nitrogens with zero attached hydrogens (tertiary/aromatic N) is 1. The van der Waals surface area contributed by atoms with Crippen molar-refractivity contribution >= 4 is 15.9 Å². The lowest BCUT2D eigenvalue weighted by Gasteiger charge is -2.29. The zero-order valence-electron chi connectivity index (χ0n) is 11.3. The van der Waals surface area contributed by atoms with E-state index in [1.54, 1.807) is 6.07 Å². The third kappa shape index (κ3) is 5.04. The van der Waals surface area contributed by atoms with Gasteiger partial charge in [-0.2, -0.15) is 0 Å². The number of nitrogens with two attached hydrogens (primary N) is 1. The average molecular weight is 317 g/mol. The van der Waals surface area contributed by atoms with Crippen LogP contribution in [0, 0.1) is 11.2 Å².